The van der Waals surface area contributed by atoms with E-state index < -0.39 is 0 Å². The van der Waals surface area contributed by atoms with Crippen molar-refractivity contribution in [2.24, 2.45) is 0 Å². The molecule has 0 N–H and O–H groups in total. The number of hydrogen-bond acceptors (Lipinski definition) is 5. The second-order valence-corrected chi connectivity index (χ2v) is 7.64. The number of benzene rings is 2. The van der Waals surface area contributed by atoms with Crippen LogP contribution in [0.4, 0.5) is 0 Å². The zero-order valence-corrected chi connectivity index (χ0v) is 16.5. The number of carbonyl (C=O) groups is 1. The van der Waals surface area contributed by atoms with Gasteiger partial charge in [0.1, 0.15) is 0 Å². The number of aryl methyl sites for hydroxylation is 5. The number of rotatable bonds is 5. The van der Waals surface area contributed by atoms with Crippen LogP contribution >= 0.6 is 11.8 Å². The molecule has 0 spiro atoms. The highest BCUT2D eigenvalue weighted by Crippen LogP contribution is 2.26. The third-order valence-corrected chi connectivity index (χ3v) is 5.16. The first-order valence-corrected chi connectivity index (χ1v) is 9.48. The Hall–Kier alpha value is -2.40. The maximum absolute atomic E-state index is 12.6. The highest BCUT2D eigenvalue weighted by atomic mass is 32.2. The van der Waals surface area contributed by atoms with Gasteiger partial charge in [0.2, 0.25) is 5.89 Å². The Kier molecular flexibility index (Phi) is 5.28. The second-order valence-electron chi connectivity index (χ2n) is 6.71. The Morgan fingerprint density at radius 3 is 2.23 bits per heavy atom. The van der Waals surface area contributed by atoms with Crippen LogP contribution in [0.5, 0.6) is 0 Å². The van der Waals surface area contributed by atoms with Crippen molar-refractivity contribution in [2.45, 2.75) is 39.8 Å². The van der Waals surface area contributed by atoms with Crippen LogP contribution in [-0.2, 0) is 0 Å². The molecule has 0 bridgehead atoms. The molecule has 0 aliphatic carbocycles. The molecular weight excluding hydrogens is 344 g/mol. The maximum atomic E-state index is 12.6. The van der Waals surface area contributed by atoms with Gasteiger partial charge in [0, 0.05) is 11.1 Å². The van der Waals surface area contributed by atoms with Crippen LogP contribution in [0.15, 0.2) is 40.0 Å². The van der Waals surface area contributed by atoms with Gasteiger partial charge in [-0.15, -0.1) is 10.2 Å². The molecule has 3 aromatic rings. The molecule has 1 aromatic heterocycles. The monoisotopic (exact) mass is 366 g/mol. The minimum atomic E-state index is 0.0711. The third-order valence-electron chi connectivity index (χ3n) is 4.34. The van der Waals surface area contributed by atoms with E-state index >= 15 is 0 Å². The molecule has 0 saturated carbocycles. The first-order valence-electron chi connectivity index (χ1n) is 8.49. The minimum absolute atomic E-state index is 0.0711. The van der Waals surface area contributed by atoms with Crippen LogP contribution in [-0.4, -0.2) is 21.7 Å². The fourth-order valence-corrected chi connectivity index (χ4v) is 3.60. The Balaban J connectivity index is 1.72. The molecule has 2 aromatic carbocycles. The average Bonchev–Trinajstić information content (AvgIpc) is 3.04. The largest absolute Gasteiger partial charge is 0.411 e. The lowest BCUT2D eigenvalue weighted by Gasteiger charge is -2.08. The van der Waals surface area contributed by atoms with Gasteiger partial charge in [0.15, 0.2) is 5.78 Å². The lowest BCUT2D eigenvalue weighted by molar-refractivity contribution is 0.102. The van der Waals surface area contributed by atoms with Crippen molar-refractivity contribution in [2.75, 3.05) is 5.75 Å². The maximum Gasteiger partial charge on any atom is 0.277 e. The van der Waals surface area contributed by atoms with Gasteiger partial charge in [-0.1, -0.05) is 35.0 Å². The summed E-state index contributed by atoms with van der Waals surface area (Å²) in [6, 6.07) is 10.1. The fraction of sp³-hybridized carbons (Fsp3) is 0.286. The highest BCUT2D eigenvalue weighted by Gasteiger charge is 2.15. The van der Waals surface area contributed by atoms with Crippen LogP contribution in [0.3, 0.4) is 0 Å². The number of Topliss-reactive ketones (excluding diaryl/α,β-unsaturated/α-hetero) is 1. The van der Waals surface area contributed by atoms with E-state index in [4.69, 9.17) is 4.42 Å². The summed E-state index contributed by atoms with van der Waals surface area (Å²) in [5.41, 5.74) is 7.27. The summed E-state index contributed by atoms with van der Waals surface area (Å²) >= 11 is 1.28. The van der Waals surface area contributed by atoms with E-state index in [-0.39, 0.29) is 11.5 Å². The molecule has 0 saturated heterocycles. The lowest BCUT2D eigenvalue weighted by atomic mass is 9.99. The zero-order chi connectivity index (χ0) is 18.8. The van der Waals surface area contributed by atoms with E-state index in [0.29, 0.717) is 11.1 Å². The summed E-state index contributed by atoms with van der Waals surface area (Å²) in [6.45, 7) is 10.1. The molecule has 134 valence electrons. The normalized spacial score (nSPS) is 11.0. The van der Waals surface area contributed by atoms with E-state index in [1.165, 1.54) is 17.3 Å². The molecule has 0 fully saturated rings. The molecule has 5 heteroatoms. The van der Waals surface area contributed by atoms with Gasteiger partial charge >= 0.3 is 0 Å². The van der Waals surface area contributed by atoms with Crippen molar-refractivity contribution in [1.82, 2.24) is 10.2 Å². The number of nitrogens with zero attached hydrogens (tertiary/aromatic N) is 2. The average molecular weight is 366 g/mol. The Labute approximate surface area is 158 Å². The fourth-order valence-electron chi connectivity index (χ4n) is 2.95. The van der Waals surface area contributed by atoms with Gasteiger partial charge in [0.05, 0.1) is 5.75 Å². The van der Waals surface area contributed by atoms with Crippen molar-refractivity contribution in [3.63, 3.8) is 0 Å². The SMILES string of the molecule is Cc1cc(C)cc(-c2nnc(SCC(=O)c3cc(C)c(C)cc3C)o2)c1. The zero-order valence-electron chi connectivity index (χ0n) is 15.7. The van der Waals surface area contributed by atoms with Gasteiger partial charge in [0.25, 0.3) is 5.22 Å². The second kappa shape index (κ2) is 7.46. The van der Waals surface area contributed by atoms with Gasteiger partial charge in [-0.3, -0.25) is 4.79 Å². The number of thioether (sulfide) groups is 1. The molecule has 0 amide bonds. The topological polar surface area (TPSA) is 56.0 Å². The van der Waals surface area contributed by atoms with Crippen molar-refractivity contribution >= 4 is 17.5 Å². The summed E-state index contributed by atoms with van der Waals surface area (Å²) in [5.74, 6) is 0.827. The van der Waals surface area contributed by atoms with Crippen LogP contribution in [0.2, 0.25) is 0 Å². The van der Waals surface area contributed by atoms with Gasteiger partial charge in [-0.25, -0.2) is 0 Å². The summed E-state index contributed by atoms with van der Waals surface area (Å²) < 4.78 is 5.73. The smallest absolute Gasteiger partial charge is 0.277 e. The van der Waals surface area contributed by atoms with Crippen molar-refractivity contribution in [3.05, 3.63) is 63.7 Å². The van der Waals surface area contributed by atoms with Crippen molar-refractivity contribution in [3.8, 4) is 11.5 Å². The molecule has 3 rings (SSSR count). The molecule has 0 unspecified atom stereocenters. The van der Waals surface area contributed by atoms with Crippen LogP contribution < -0.4 is 0 Å². The molecule has 0 aliphatic heterocycles. The number of aromatic nitrogens is 2. The van der Waals surface area contributed by atoms with Crippen LogP contribution in [0.25, 0.3) is 11.5 Å². The van der Waals surface area contributed by atoms with Crippen molar-refractivity contribution in [1.29, 1.82) is 0 Å². The first kappa shape index (κ1) is 18.4. The van der Waals surface area contributed by atoms with E-state index in [0.717, 1.165) is 33.4 Å². The number of hydrogen-bond donors (Lipinski definition) is 0. The summed E-state index contributed by atoms with van der Waals surface area (Å²) in [7, 11) is 0. The number of carbonyl (C=O) groups excluding carboxylic acids is 1. The van der Waals surface area contributed by atoms with Crippen LogP contribution in [0.1, 0.15) is 38.2 Å². The lowest BCUT2D eigenvalue weighted by Crippen LogP contribution is -2.06. The van der Waals surface area contributed by atoms with Crippen LogP contribution in [0, 0.1) is 34.6 Å². The Morgan fingerprint density at radius 2 is 1.54 bits per heavy atom. The van der Waals surface area contributed by atoms with Gasteiger partial charge in [-0.2, -0.15) is 0 Å². The molecular formula is C21H22N2O2S. The standard InChI is InChI=1S/C21H22N2O2S/c1-12-6-13(2)8-17(7-12)20-22-23-21(25-20)26-11-19(24)18-10-15(4)14(3)9-16(18)5/h6-10H,11H2,1-5H3. The predicted octanol–water partition coefficient (Wildman–Crippen LogP) is 5.25. The Morgan fingerprint density at radius 1 is 0.885 bits per heavy atom. The van der Waals surface area contributed by atoms with E-state index in [2.05, 4.69) is 29.3 Å². The quantitative estimate of drug-likeness (QED) is 0.456. The van der Waals surface area contributed by atoms with E-state index in [1.54, 1.807) is 0 Å². The summed E-state index contributed by atoms with van der Waals surface area (Å²) in [6.07, 6.45) is 0. The molecule has 0 radical (unpaired) electrons. The Bertz CT molecular complexity index is 956. The molecule has 4 nitrogen and oxygen atoms in total. The first-order chi connectivity index (χ1) is 12.3. The third kappa shape index (κ3) is 4.05. The number of ketones is 1. The molecule has 0 atom stereocenters. The highest BCUT2D eigenvalue weighted by molar-refractivity contribution is 7.99. The summed E-state index contributed by atoms with van der Waals surface area (Å²) in [5, 5.41) is 8.59. The summed E-state index contributed by atoms with van der Waals surface area (Å²) in [4.78, 5) is 12.6. The van der Waals surface area contributed by atoms with E-state index in [9.17, 15) is 4.79 Å². The predicted molar refractivity (Wildman–Crippen MR) is 105 cm³/mol. The minimum Gasteiger partial charge on any atom is -0.411 e. The van der Waals surface area contributed by atoms with Gasteiger partial charge in [-0.05, 0) is 69.5 Å². The molecule has 1 heterocycles. The molecule has 0 aliphatic rings. The van der Waals surface area contributed by atoms with Gasteiger partial charge < -0.3 is 4.42 Å². The van der Waals surface area contributed by atoms with E-state index in [1.807, 2.05) is 45.9 Å². The van der Waals surface area contributed by atoms with Crippen molar-refractivity contribution < 1.29 is 9.21 Å². The molecule has 26 heavy (non-hydrogen) atoms.